The van der Waals surface area contributed by atoms with Crippen LogP contribution in [-0.4, -0.2) is 171 Å². The zero-order valence-electron chi connectivity index (χ0n) is 34.6. The van der Waals surface area contributed by atoms with Crippen LogP contribution in [0.4, 0.5) is 0 Å². The Morgan fingerprint density at radius 1 is 0.508 bits per heavy atom. The molecule has 24 nitrogen and oxygen atoms in total. The standard InChI is InChI=1S/C39H54N12O12/c52-28-15-26(39(63)50-12-5-2-6-13-50)49-35(59)22-44-32(56)19-46-37(61)25(10-9-24-7-3-1-4-8-24)48-34(58)21-43-30(54)17-42-33(57)20-47-38(62)27-11-14-51(27)36(60)23-45-31(55)18-41-29(53)16-40-28/h1,3-4,7-8,25-27H,2,5-6,9-23H2,(H,40,52)(H,41,53)(H,42,57)(H,43,54)(H,44,56)(H,45,55)(H,46,61)(H,47,62)(H,48,58)(H,49,59). The monoisotopic (exact) mass is 882 g/mol. The van der Waals surface area contributed by atoms with Gasteiger partial charge in [-0.3, -0.25) is 57.5 Å². The van der Waals surface area contributed by atoms with Crippen LogP contribution in [0.3, 0.4) is 0 Å². The molecule has 342 valence electrons. The summed E-state index contributed by atoms with van der Waals surface area (Å²) in [5, 5.41) is 23.6. The molecule has 3 aliphatic rings. The summed E-state index contributed by atoms with van der Waals surface area (Å²) >= 11 is 0. The molecule has 0 bridgehead atoms. The molecular weight excluding hydrogens is 829 g/mol. The van der Waals surface area contributed by atoms with Gasteiger partial charge < -0.3 is 63.0 Å². The van der Waals surface area contributed by atoms with Crippen molar-refractivity contribution in [1.29, 1.82) is 0 Å². The van der Waals surface area contributed by atoms with E-state index in [0.29, 0.717) is 32.4 Å². The predicted molar refractivity (Wildman–Crippen MR) is 218 cm³/mol. The fraction of sp³-hybridized carbons (Fsp3) is 0.538. The summed E-state index contributed by atoms with van der Waals surface area (Å²) in [6.45, 7) is -3.62. The molecule has 3 unspecified atom stereocenters. The number of nitrogens with zero attached hydrogens (tertiary/aromatic N) is 2. The van der Waals surface area contributed by atoms with E-state index in [-0.39, 0.29) is 19.4 Å². The molecule has 0 aliphatic carbocycles. The summed E-state index contributed by atoms with van der Waals surface area (Å²) in [6.07, 6.45) is 2.47. The van der Waals surface area contributed by atoms with E-state index in [9.17, 15) is 57.5 Å². The number of fused-ring (bicyclic) bond motifs is 1. The van der Waals surface area contributed by atoms with E-state index in [4.69, 9.17) is 0 Å². The van der Waals surface area contributed by atoms with Crippen LogP contribution in [0.25, 0.3) is 0 Å². The quantitative estimate of drug-likeness (QED) is 0.135. The lowest BCUT2D eigenvalue weighted by Crippen LogP contribution is -2.60. The van der Waals surface area contributed by atoms with Gasteiger partial charge >= 0.3 is 0 Å². The van der Waals surface area contributed by atoms with Gasteiger partial charge in [-0.05, 0) is 44.1 Å². The molecule has 63 heavy (non-hydrogen) atoms. The number of carbonyl (C=O) groups excluding carboxylic acids is 12. The molecule has 3 heterocycles. The molecule has 3 saturated heterocycles. The first-order valence-electron chi connectivity index (χ1n) is 20.5. The molecule has 0 saturated carbocycles. The van der Waals surface area contributed by atoms with Crippen molar-refractivity contribution in [3.63, 3.8) is 0 Å². The molecule has 12 amide bonds. The van der Waals surface area contributed by atoms with Gasteiger partial charge in [0.15, 0.2) is 0 Å². The van der Waals surface area contributed by atoms with Gasteiger partial charge in [-0.2, -0.15) is 0 Å². The molecule has 0 aromatic heterocycles. The molecule has 3 aliphatic heterocycles. The number of likely N-dealkylation sites (tertiary alicyclic amines) is 1. The molecule has 0 spiro atoms. The topological polar surface area (TPSA) is 332 Å². The summed E-state index contributed by atoms with van der Waals surface area (Å²) in [5.74, 6) is -8.80. The highest BCUT2D eigenvalue weighted by Crippen LogP contribution is 2.17. The summed E-state index contributed by atoms with van der Waals surface area (Å²) in [6, 6.07) is 5.57. The normalized spacial score (nSPS) is 23.2. The number of amides is 12. The minimum atomic E-state index is -1.36. The Labute approximate surface area is 361 Å². The second kappa shape index (κ2) is 25.0. The van der Waals surface area contributed by atoms with Crippen molar-refractivity contribution in [3.05, 3.63) is 35.9 Å². The Balaban J connectivity index is 1.41. The highest BCUT2D eigenvalue weighted by atomic mass is 16.2. The number of rotatable bonds is 4. The molecule has 24 heteroatoms. The van der Waals surface area contributed by atoms with Gasteiger partial charge in [0, 0.05) is 19.6 Å². The zero-order valence-corrected chi connectivity index (χ0v) is 34.6. The Morgan fingerprint density at radius 3 is 1.52 bits per heavy atom. The number of aryl methyl sites for hydroxylation is 1. The SMILES string of the molecule is O=C1CNC(=O)CC(C(=O)N2CCCCC2)NC(=O)CNC(=O)CNC(=O)C(CCc2ccccc2)NC(=O)CNC(=O)CNC(=O)CNC(=O)C2CCN2C(=O)CNC(=O)CN1. The van der Waals surface area contributed by atoms with Crippen molar-refractivity contribution in [2.24, 2.45) is 0 Å². The number of benzene rings is 1. The van der Waals surface area contributed by atoms with E-state index < -0.39 is 148 Å². The Hall–Kier alpha value is -7.14. The van der Waals surface area contributed by atoms with Gasteiger partial charge in [-0.25, -0.2) is 0 Å². The van der Waals surface area contributed by atoms with Crippen molar-refractivity contribution in [2.75, 3.05) is 72.0 Å². The second-order valence-electron chi connectivity index (χ2n) is 14.8. The maximum Gasteiger partial charge on any atom is 0.245 e. The fourth-order valence-electron chi connectivity index (χ4n) is 6.52. The zero-order chi connectivity index (χ0) is 45.7. The van der Waals surface area contributed by atoms with E-state index in [2.05, 4.69) is 53.2 Å². The number of nitrogens with one attached hydrogen (secondary N) is 10. The first-order chi connectivity index (χ1) is 30.2. The van der Waals surface area contributed by atoms with Crippen LogP contribution in [-0.2, 0) is 64.0 Å². The lowest BCUT2D eigenvalue weighted by Gasteiger charge is -2.39. The number of hydrogen-bond donors (Lipinski definition) is 10. The molecule has 0 radical (unpaired) electrons. The van der Waals surface area contributed by atoms with E-state index in [1.807, 2.05) is 12.1 Å². The first-order valence-corrected chi connectivity index (χ1v) is 20.5. The highest BCUT2D eigenvalue weighted by molar-refractivity contribution is 5.97. The first kappa shape index (κ1) is 48.5. The molecule has 1 aromatic rings. The Morgan fingerprint density at radius 2 is 0.984 bits per heavy atom. The van der Waals surface area contributed by atoms with Crippen LogP contribution in [0.2, 0.25) is 0 Å². The second-order valence-corrected chi connectivity index (χ2v) is 14.8. The van der Waals surface area contributed by atoms with Crippen LogP contribution in [0, 0.1) is 0 Å². The summed E-state index contributed by atoms with van der Waals surface area (Å²) in [7, 11) is 0. The predicted octanol–water partition coefficient (Wildman–Crippen LogP) is -6.46. The van der Waals surface area contributed by atoms with E-state index >= 15 is 0 Å². The van der Waals surface area contributed by atoms with Crippen LogP contribution in [0.15, 0.2) is 30.3 Å². The fourth-order valence-corrected chi connectivity index (χ4v) is 6.52. The minimum Gasteiger partial charge on any atom is -0.347 e. The summed E-state index contributed by atoms with van der Waals surface area (Å²) < 4.78 is 0. The highest BCUT2D eigenvalue weighted by Gasteiger charge is 2.37. The largest absolute Gasteiger partial charge is 0.347 e. The van der Waals surface area contributed by atoms with Crippen molar-refractivity contribution in [2.45, 2.75) is 63.1 Å². The third-order valence-corrected chi connectivity index (χ3v) is 10.1. The third-order valence-electron chi connectivity index (χ3n) is 10.1. The van der Waals surface area contributed by atoms with Gasteiger partial charge in [0.2, 0.25) is 70.9 Å². The lowest BCUT2D eigenvalue weighted by atomic mass is 10.0. The van der Waals surface area contributed by atoms with E-state index in [1.165, 1.54) is 9.80 Å². The van der Waals surface area contributed by atoms with Crippen molar-refractivity contribution < 1.29 is 57.5 Å². The van der Waals surface area contributed by atoms with Crippen LogP contribution >= 0.6 is 0 Å². The van der Waals surface area contributed by atoms with Crippen LogP contribution in [0.1, 0.15) is 44.1 Å². The van der Waals surface area contributed by atoms with Crippen LogP contribution < -0.4 is 53.2 Å². The molecule has 1 aromatic carbocycles. The Kier molecular flexibility index (Phi) is 19.2. The number of piperidine rings is 1. The maximum atomic E-state index is 13.4. The smallest absolute Gasteiger partial charge is 0.245 e. The molecule has 10 N–H and O–H groups in total. The lowest BCUT2D eigenvalue weighted by molar-refractivity contribution is -0.147. The molecule has 4 rings (SSSR count). The van der Waals surface area contributed by atoms with E-state index in [0.717, 1.165) is 12.0 Å². The van der Waals surface area contributed by atoms with Gasteiger partial charge in [-0.15, -0.1) is 0 Å². The van der Waals surface area contributed by atoms with Gasteiger partial charge in [0.05, 0.1) is 58.8 Å². The van der Waals surface area contributed by atoms with Crippen molar-refractivity contribution in [3.8, 4) is 0 Å². The minimum absolute atomic E-state index is 0.0926. The van der Waals surface area contributed by atoms with Gasteiger partial charge in [-0.1, -0.05) is 30.3 Å². The average molecular weight is 883 g/mol. The maximum absolute atomic E-state index is 13.4. The number of carbonyl (C=O) groups is 12. The summed E-state index contributed by atoms with van der Waals surface area (Å²) in [5.41, 5.74) is 0.849. The molecule has 3 fully saturated rings. The van der Waals surface area contributed by atoms with Gasteiger partial charge in [0.1, 0.15) is 18.1 Å². The van der Waals surface area contributed by atoms with Crippen molar-refractivity contribution in [1.82, 2.24) is 63.0 Å². The average Bonchev–Trinajstić information content (AvgIpc) is 3.26. The Bertz CT molecular complexity index is 1890. The molecular formula is C39H54N12O12. The van der Waals surface area contributed by atoms with Crippen molar-refractivity contribution >= 4 is 70.9 Å². The van der Waals surface area contributed by atoms with Crippen LogP contribution in [0.5, 0.6) is 0 Å². The third kappa shape index (κ3) is 17.0. The van der Waals surface area contributed by atoms with E-state index in [1.54, 1.807) is 18.2 Å². The number of hydrogen-bond acceptors (Lipinski definition) is 12. The van der Waals surface area contributed by atoms with Gasteiger partial charge in [0.25, 0.3) is 0 Å². The summed E-state index contributed by atoms with van der Waals surface area (Å²) in [4.78, 5) is 156. The molecule has 3 atom stereocenters.